The molecular weight excluding hydrogens is 414 g/mol. The molecule has 0 heterocycles. The Hall–Kier alpha value is -3.86. The van der Waals surface area contributed by atoms with Crippen molar-refractivity contribution in [1.82, 2.24) is 0 Å². The maximum atomic E-state index is 10.8. The standard InChI is InChI=1S/C28H27NO4/c30-27(31)20-32-26-15-7-14-24-19-21(16-17-25(24)26)9-8-18-29-33-28(22-10-3-1-4-11-22)23-12-5-2-6-13-23/h1-7,9-15,18,28H,8,16-17,19-20H2,(H,30,31). The van der Waals surface area contributed by atoms with Gasteiger partial charge in [0.05, 0.1) is 0 Å². The van der Waals surface area contributed by atoms with Gasteiger partial charge in [0.25, 0.3) is 0 Å². The fourth-order valence-corrected chi connectivity index (χ4v) is 4.06. The van der Waals surface area contributed by atoms with E-state index >= 15 is 0 Å². The van der Waals surface area contributed by atoms with E-state index in [1.807, 2.05) is 72.8 Å². The fraction of sp³-hybridized carbons (Fsp3) is 0.214. The molecule has 0 unspecified atom stereocenters. The molecule has 3 aromatic carbocycles. The molecule has 3 aromatic rings. The lowest BCUT2D eigenvalue weighted by atomic mass is 9.87. The van der Waals surface area contributed by atoms with Gasteiger partial charge in [0.2, 0.25) is 0 Å². The number of oxime groups is 1. The molecule has 1 aliphatic carbocycles. The molecule has 0 aliphatic heterocycles. The van der Waals surface area contributed by atoms with Crippen LogP contribution in [0.2, 0.25) is 0 Å². The molecule has 0 atom stereocenters. The predicted molar refractivity (Wildman–Crippen MR) is 129 cm³/mol. The highest BCUT2D eigenvalue weighted by Crippen LogP contribution is 2.32. The van der Waals surface area contributed by atoms with Gasteiger partial charge in [-0.15, -0.1) is 0 Å². The van der Waals surface area contributed by atoms with Crippen LogP contribution in [0.15, 0.2) is 95.7 Å². The Morgan fingerprint density at radius 2 is 1.64 bits per heavy atom. The van der Waals surface area contributed by atoms with E-state index in [1.165, 1.54) is 11.1 Å². The predicted octanol–water partition coefficient (Wildman–Crippen LogP) is 5.75. The molecule has 5 nitrogen and oxygen atoms in total. The molecule has 1 aliphatic rings. The van der Waals surface area contributed by atoms with Crippen molar-refractivity contribution in [3.8, 4) is 5.75 Å². The number of benzene rings is 3. The van der Waals surface area contributed by atoms with Gasteiger partial charge < -0.3 is 14.7 Å². The number of aliphatic carboxylic acids is 1. The summed E-state index contributed by atoms with van der Waals surface area (Å²) in [6.45, 7) is -0.317. The van der Waals surface area contributed by atoms with Gasteiger partial charge in [0, 0.05) is 12.6 Å². The van der Waals surface area contributed by atoms with Crippen molar-refractivity contribution in [3.05, 3.63) is 113 Å². The van der Waals surface area contributed by atoms with Gasteiger partial charge in [0.1, 0.15) is 5.75 Å². The lowest BCUT2D eigenvalue weighted by Crippen LogP contribution is -2.13. The molecule has 1 N–H and O–H groups in total. The molecule has 0 aromatic heterocycles. The zero-order valence-corrected chi connectivity index (χ0v) is 18.4. The van der Waals surface area contributed by atoms with E-state index in [1.54, 1.807) is 6.21 Å². The highest BCUT2D eigenvalue weighted by atomic mass is 16.6. The van der Waals surface area contributed by atoms with Crippen LogP contribution in [0.5, 0.6) is 5.75 Å². The van der Waals surface area contributed by atoms with Crippen molar-refractivity contribution in [2.75, 3.05) is 6.61 Å². The van der Waals surface area contributed by atoms with Crippen LogP contribution in [0.3, 0.4) is 0 Å². The zero-order valence-electron chi connectivity index (χ0n) is 18.4. The Morgan fingerprint density at radius 1 is 0.939 bits per heavy atom. The number of fused-ring (bicyclic) bond motifs is 1. The Balaban J connectivity index is 1.37. The van der Waals surface area contributed by atoms with Crippen LogP contribution < -0.4 is 4.74 Å². The van der Waals surface area contributed by atoms with E-state index in [0.717, 1.165) is 36.0 Å². The largest absolute Gasteiger partial charge is 0.482 e. The Kier molecular flexibility index (Phi) is 7.54. The lowest BCUT2D eigenvalue weighted by Gasteiger charge is -2.21. The van der Waals surface area contributed by atoms with Gasteiger partial charge in [-0.3, -0.25) is 0 Å². The van der Waals surface area contributed by atoms with E-state index in [4.69, 9.17) is 14.7 Å². The highest BCUT2D eigenvalue weighted by molar-refractivity contribution is 5.68. The number of allylic oxidation sites excluding steroid dienone is 2. The first-order valence-electron chi connectivity index (χ1n) is 11.1. The van der Waals surface area contributed by atoms with Crippen LogP contribution >= 0.6 is 0 Å². The first-order chi connectivity index (χ1) is 16.2. The quantitative estimate of drug-likeness (QED) is 0.261. The van der Waals surface area contributed by atoms with Crippen molar-refractivity contribution in [1.29, 1.82) is 0 Å². The summed E-state index contributed by atoms with van der Waals surface area (Å²) in [5.41, 5.74) is 5.76. The molecule has 168 valence electrons. The Morgan fingerprint density at radius 3 is 2.30 bits per heavy atom. The minimum atomic E-state index is -0.965. The third-order valence-electron chi connectivity index (χ3n) is 5.65. The number of carboxylic acids is 1. The molecule has 33 heavy (non-hydrogen) atoms. The average molecular weight is 442 g/mol. The number of rotatable bonds is 9. The van der Waals surface area contributed by atoms with Gasteiger partial charge in [0.15, 0.2) is 12.7 Å². The monoisotopic (exact) mass is 441 g/mol. The number of ether oxygens (including phenoxy) is 1. The van der Waals surface area contributed by atoms with E-state index in [-0.39, 0.29) is 12.7 Å². The number of hydrogen-bond donors (Lipinski definition) is 1. The summed E-state index contributed by atoms with van der Waals surface area (Å²) in [6.07, 6.45) is 7.04. The van der Waals surface area contributed by atoms with Crippen LogP contribution in [-0.4, -0.2) is 23.9 Å². The summed E-state index contributed by atoms with van der Waals surface area (Å²) in [5, 5.41) is 13.1. The van der Waals surface area contributed by atoms with Gasteiger partial charge in [-0.05, 0) is 47.6 Å². The lowest BCUT2D eigenvalue weighted by molar-refractivity contribution is -0.139. The summed E-state index contributed by atoms with van der Waals surface area (Å²) in [6, 6.07) is 26.0. The van der Waals surface area contributed by atoms with Crippen LogP contribution in [0.25, 0.3) is 0 Å². The van der Waals surface area contributed by atoms with Gasteiger partial charge in [-0.25, -0.2) is 4.79 Å². The first-order valence-corrected chi connectivity index (χ1v) is 11.1. The van der Waals surface area contributed by atoms with E-state index in [9.17, 15) is 4.79 Å². The summed E-state index contributed by atoms with van der Waals surface area (Å²) >= 11 is 0. The first kappa shape index (κ1) is 22.3. The SMILES string of the molecule is O=C(O)COc1cccc2c1CCC(=CCC=NOC(c1ccccc1)c1ccccc1)C2. The van der Waals surface area contributed by atoms with E-state index < -0.39 is 5.97 Å². The number of hydrogen-bond acceptors (Lipinski definition) is 4. The Bertz CT molecular complexity index is 1080. The molecule has 0 amide bonds. The second-order valence-corrected chi connectivity index (χ2v) is 7.95. The minimum absolute atomic E-state index is 0.248. The van der Waals surface area contributed by atoms with E-state index in [2.05, 4.69) is 17.3 Å². The second kappa shape index (κ2) is 11.1. The van der Waals surface area contributed by atoms with Crippen LogP contribution in [-0.2, 0) is 22.5 Å². The van der Waals surface area contributed by atoms with Crippen molar-refractivity contribution < 1.29 is 19.5 Å². The van der Waals surface area contributed by atoms with Crippen molar-refractivity contribution in [2.45, 2.75) is 31.8 Å². The fourth-order valence-electron chi connectivity index (χ4n) is 4.06. The normalized spacial score (nSPS) is 14.4. The van der Waals surface area contributed by atoms with Crippen LogP contribution in [0.1, 0.15) is 41.2 Å². The molecule has 0 spiro atoms. The van der Waals surface area contributed by atoms with Crippen molar-refractivity contribution >= 4 is 12.2 Å². The van der Waals surface area contributed by atoms with Gasteiger partial charge >= 0.3 is 5.97 Å². The second-order valence-electron chi connectivity index (χ2n) is 7.95. The molecular formula is C28H27NO4. The summed E-state index contributed by atoms with van der Waals surface area (Å²) in [4.78, 5) is 16.7. The number of carboxylic acid groups (broad SMARTS) is 1. The smallest absolute Gasteiger partial charge is 0.341 e. The molecule has 5 heteroatoms. The maximum Gasteiger partial charge on any atom is 0.341 e. The van der Waals surface area contributed by atoms with Gasteiger partial charge in [-0.2, -0.15) is 0 Å². The molecule has 0 radical (unpaired) electrons. The van der Waals surface area contributed by atoms with Gasteiger partial charge in [-0.1, -0.05) is 89.6 Å². The van der Waals surface area contributed by atoms with Crippen LogP contribution in [0.4, 0.5) is 0 Å². The highest BCUT2D eigenvalue weighted by Gasteiger charge is 2.17. The van der Waals surface area contributed by atoms with Crippen LogP contribution in [0, 0.1) is 0 Å². The molecule has 0 fully saturated rings. The van der Waals surface area contributed by atoms with E-state index in [0.29, 0.717) is 12.2 Å². The summed E-state index contributed by atoms with van der Waals surface area (Å²) in [7, 11) is 0. The molecule has 4 rings (SSSR count). The Labute approximate surface area is 194 Å². The van der Waals surface area contributed by atoms with Crippen molar-refractivity contribution in [3.63, 3.8) is 0 Å². The average Bonchev–Trinajstić information content (AvgIpc) is 2.85. The van der Waals surface area contributed by atoms with Crippen molar-refractivity contribution in [2.24, 2.45) is 5.16 Å². The maximum absolute atomic E-state index is 10.8. The zero-order chi connectivity index (χ0) is 22.9. The number of nitrogens with zero attached hydrogens (tertiary/aromatic N) is 1. The third kappa shape index (κ3) is 6.10. The summed E-state index contributed by atoms with van der Waals surface area (Å²) in [5.74, 6) is -0.288. The number of carbonyl (C=O) groups is 1. The third-order valence-corrected chi connectivity index (χ3v) is 5.65. The summed E-state index contributed by atoms with van der Waals surface area (Å²) < 4.78 is 5.45. The molecule has 0 bridgehead atoms. The molecule has 0 saturated carbocycles. The molecule has 0 saturated heterocycles. The topological polar surface area (TPSA) is 68.1 Å². The minimum Gasteiger partial charge on any atom is -0.482 e.